The smallest absolute Gasteiger partial charge is 0.409 e. The van der Waals surface area contributed by atoms with Gasteiger partial charge < -0.3 is 25.0 Å². The molecule has 1 saturated heterocycles. The maximum atomic E-state index is 11.9. The summed E-state index contributed by atoms with van der Waals surface area (Å²) in [6.07, 6.45) is 5.40. The first kappa shape index (κ1) is 27.7. The highest BCUT2D eigenvalue weighted by atomic mass is 16.6. The maximum Gasteiger partial charge on any atom is 0.409 e. The molecule has 1 aliphatic heterocycles. The Kier molecular flexibility index (Phi) is 8.33. The lowest BCUT2D eigenvalue weighted by Gasteiger charge is -2.61. The van der Waals surface area contributed by atoms with E-state index >= 15 is 0 Å². The number of hydrogen-bond donors (Lipinski definition) is 3. The van der Waals surface area contributed by atoms with E-state index in [0.717, 1.165) is 19.3 Å². The average Bonchev–Trinajstić information content (AvgIpc) is 2.72. The van der Waals surface area contributed by atoms with Crippen molar-refractivity contribution in [1.29, 1.82) is 0 Å². The normalized spacial score (nSPS) is 36.9. The zero-order valence-electron chi connectivity index (χ0n) is 22.5. The van der Waals surface area contributed by atoms with Crippen LogP contribution in [0.5, 0.6) is 0 Å². The molecule has 6 atom stereocenters. The van der Waals surface area contributed by atoms with E-state index in [0.29, 0.717) is 58.1 Å². The Balaban J connectivity index is 1.59. The molecule has 0 aromatic rings. The summed E-state index contributed by atoms with van der Waals surface area (Å²) in [6, 6.07) is 0. The molecule has 0 aromatic carbocycles. The van der Waals surface area contributed by atoms with E-state index in [1.54, 1.807) is 18.7 Å². The van der Waals surface area contributed by atoms with Crippen LogP contribution in [0.4, 0.5) is 4.79 Å². The van der Waals surface area contributed by atoms with E-state index in [9.17, 15) is 20.1 Å². The molecule has 3 rings (SSSR count). The van der Waals surface area contributed by atoms with E-state index < -0.39 is 17.3 Å². The van der Waals surface area contributed by atoms with Gasteiger partial charge in [0, 0.05) is 32.7 Å². The topological polar surface area (TPSA) is 93.5 Å². The van der Waals surface area contributed by atoms with Crippen molar-refractivity contribution < 1.29 is 24.9 Å². The Morgan fingerprint density at radius 1 is 1.12 bits per heavy atom. The third-order valence-corrected chi connectivity index (χ3v) is 9.75. The summed E-state index contributed by atoms with van der Waals surface area (Å²) in [5.74, 6) is 0.676. The van der Waals surface area contributed by atoms with Crippen LogP contribution in [0.15, 0.2) is 0 Å². The van der Waals surface area contributed by atoms with Gasteiger partial charge in [-0.05, 0) is 82.0 Å². The fraction of sp³-hybridized carbons (Fsp3) is 0.963. The lowest BCUT2D eigenvalue weighted by molar-refractivity contribution is -0.176. The lowest BCUT2D eigenvalue weighted by atomic mass is 9.45. The predicted molar refractivity (Wildman–Crippen MR) is 133 cm³/mol. The van der Waals surface area contributed by atoms with Gasteiger partial charge in [0.2, 0.25) is 0 Å². The minimum Gasteiger partial charge on any atom is -0.450 e. The first-order valence-corrected chi connectivity index (χ1v) is 13.5. The van der Waals surface area contributed by atoms with Gasteiger partial charge in [-0.2, -0.15) is 0 Å². The van der Waals surface area contributed by atoms with Crippen molar-refractivity contribution in [1.82, 2.24) is 9.80 Å². The highest BCUT2D eigenvalue weighted by molar-refractivity contribution is 5.67. The molecule has 0 unspecified atom stereocenters. The Bertz CT molecular complexity index is 701. The average molecular weight is 483 g/mol. The number of β-amino-alcohol motifs (C(OH)–C–C–N with tert-alkyl or cyclic N) is 1. The van der Waals surface area contributed by atoms with Gasteiger partial charge in [-0.1, -0.05) is 27.2 Å². The summed E-state index contributed by atoms with van der Waals surface area (Å²) in [5, 5.41) is 33.7. The van der Waals surface area contributed by atoms with Gasteiger partial charge in [-0.25, -0.2) is 4.79 Å². The quantitative estimate of drug-likeness (QED) is 0.513. The first-order chi connectivity index (χ1) is 15.7. The molecule has 1 heterocycles. The van der Waals surface area contributed by atoms with Crippen LogP contribution in [0, 0.1) is 22.7 Å². The minimum atomic E-state index is -1.23. The van der Waals surface area contributed by atoms with Gasteiger partial charge in [0.25, 0.3) is 0 Å². The van der Waals surface area contributed by atoms with Crippen LogP contribution in [-0.4, -0.2) is 87.8 Å². The number of amides is 1. The van der Waals surface area contributed by atoms with E-state index in [-0.39, 0.29) is 22.8 Å². The van der Waals surface area contributed by atoms with E-state index in [1.807, 2.05) is 6.92 Å². The second-order valence-corrected chi connectivity index (χ2v) is 12.7. The fourth-order valence-corrected chi connectivity index (χ4v) is 7.64. The van der Waals surface area contributed by atoms with Gasteiger partial charge in [-0.3, -0.25) is 4.90 Å². The van der Waals surface area contributed by atoms with Crippen LogP contribution in [-0.2, 0) is 4.74 Å². The number of rotatable bonds is 7. The van der Waals surface area contributed by atoms with Gasteiger partial charge >= 0.3 is 6.09 Å². The number of aliphatic hydroxyl groups excluding tert-OH is 1. The second kappa shape index (κ2) is 10.2. The molecule has 3 fully saturated rings. The molecule has 0 spiro atoms. The number of fused-ring (bicyclic) bond motifs is 1. The van der Waals surface area contributed by atoms with Crippen LogP contribution in [0.2, 0.25) is 0 Å². The zero-order chi connectivity index (χ0) is 25.4. The Morgan fingerprint density at radius 2 is 1.76 bits per heavy atom. The summed E-state index contributed by atoms with van der Waals surface area (Å²) in [5.41, 5.74) is -1.66. The molecule has 3 N–H and O–H groups in total. The summed E-state index contributed by atoms with van der Waals surface area (Å²) < 4.78 is 5.08. The van der Waals surface area contributed by atoms with Gasteiger partial charge in [0.1, 0.15) is 0 Å². The third-order valence-electron chi connectivity index (χ3n) is 9.75. The fourth-order valence-electron chi connectivity index (χ4n) is 7.64. The molecule has 2 saturated carbocycles. The molecule has 0 radical (unpaired) electrons. The highest BCUT2D eigenvalue weighted by Crippen LogP contribution is 2.63. The maximum absolute atomic E-state index is 11.9. The van der Waals surface area contributed by atoms with Gasteiger partial charge in [-0.15, -0.1) is 0 Å². The Hall–Kier alpha value is -0.890. The molecule has 0 aromatic heterocycles. The summed E-state index contributed by atoms with van der Waals surface area (Å²) in [4.78, 5) is 15.7. The van der Waals surface area contributed by atoms with Gasteiger partial charge in [0.05, 0.1) is 23.9 Å². The molecule has 0 bridgehead atoms. The standard InChI is InChI=1S/C27H50N2O5/c1-7-34-23(31)29-17-15-28(16-18-29)19-22(30)27(6,33)14-10-21-25(4)12-8-11-24(2,3)20(25)9-13-26(21,5)32/h20-22,30,32-33H,7-19H2,1-6H3/t20-,21-,22-,25+,26-,27-/m1/s1. The van der Waals surface area contributed by atoms with E-state index in [1.165, 1.54) is 12.8 Å². The number of hydrogen-bond acceptors (Lipinski definition) is 6. The van der Waals surface area contributed by atoms with Crippen molar-refractivity contribution in [2.45, 2.75) is 104 Å². The van der Waals surface area contributed by atoms with Crippen molar-refractivity contribution in [3.8, 4) is 0 Å². The van der Waals surface area contributed by atoms with Crippen LogP contribution in [0.25, 0.3) is 0 Å². The first-order valence-electron chi connectivity index (χ1n) is 13.5. The number of aliphatic hydroxyl groups is 3. The Labute approximate surface area is 206 Å². The number of piperazine rings is 1. The molecule has 7 heteroatoms. The summed E-state index contributed by atoms with van der Waals surface area (Å²) >= 11 is 0. The van der Waals surface area contributed by atoms with Crippen molar-refractivity contribution in [2.24, 2.45) is 22.7 Å². The molecule has 198 valence electrons. The molecule has 2 aliphatic carbocycles. The molecular weight excluding hydrogens is 432 g/mol. The molecule has 7 nitrogen and oxygen atoms in total. The third kappa shape index (κ3) is 5.74. The second-order valence-electron chi connectivity index (χ2n) is 12.7. The van der Waals surface area contributed by atoms with Crippen LogP contribution < -0.4 is 0 Å². The zero-order valence-corrected chi connectivity index (χ0v) is 22.5. The van der Waals surface area contributed by atoms with Crippen LogP contribution in [0.3, 0.4) is 0 Å². The van der Waals surface area contributed by atoms with Crippen LogP contribution in [0.1, 0.15) is 86.5 Å². The number of nitrogens with zero attached hydrogens (tertiary/aromatic N) is 2. The number of carbonyl (C=O) groups excluding carboxylic acids is 1. The molecular formula is C27H50N2O5. The number of carbonyl (C=O) groups is 1. The minimum absolute atomic E-state index is 0.0496. The van der Waals surface area contributed by atoms with Crippen molar-refractivity contribution >= 4 is 6.09 Å². The van der Waals surface area contributed by atoms with Crippen molar-refractivity contribution in [3.63, 3.8) is 0 Å². The SMILES string of the molecule is CCOC(=O)N1CCN(C[C@@H](O)[C@](C)(O)CC[C@@H]2[C@@]3(C)CCCC(C)(C)[C@H]3CC[C@@]2(C)O)CC1. The molecule has 1 amide bonds. The van der Waals surface area contributed by atoms with Crippen molar-refractivity contribution in [3.05, 3.63) is 0 Å². The van der Waals surface area contributed by atoms with E-state index in [2.05, 4.69) is 25.7 Å². The van der Waals surface area contributed by atoms with Gasteiger partial charge in [0.15, 0.2) is 0 Å². The largest absolute Gasteiger partial charge is 0.450 e. The van der Waals surface area contributed by atoms with Crippen LogP contribution >= 0.6 is 0 Å². The molecule has 34 heavy (non-hydrogen) atoms. The van der Waals surface area contributed by atoms with Crippen molar-refractivity contribution in [2.75, 3.05) is 39.3 Å². The highest BCUT2D eigenvalue weighted by Gasteiger charge is 2.58. The molecule has 3 aliphatic rings. The summed E-state index contributed by atoms with van der Waals surface area (Å²) in [7, 11) is 0. The number of ether oxygens (including phenoxy) is 1. The Morgan fingerprint density at radius 3 is 2.38 bits per heavy atom. The monoisotopic (exact) mass is 482 g/mol. The van der Waals surface area contributed by atoms with E-state index in [4.69, 9.17) is 4.74 Å². The predicted octanol–water partition coefficient (Wildman–Crippen LogP) is 3.65. The lowest BCUT2D eigenvalue weighted by Crippen LogP contribution is -2.58. The summed E-state index contributed by atoms with van der Waals surface area (Å²) in [6.45, 7) is 15.8.